The van der Waals surface area contributed by atoms with E-state index < -0.39 is 10.0 Å². The SMILES string of the molecule is CNC(=O)c1c(-c2ccc(C)cc2)oc2cc3c(cc12)[C@H](C)O[C@H](C)CN3S(C)(=O)=O. The smallest absolute Gasteiger partial charge is 0.255 e. The average Bonchev–Trinajstić information content (AvgIpc) is 3.02. The van der Waals surface area contributed by atoms with Crippen LogP contribution in [0.3, 0.4) is 0 Å². The zero-order valence-electron chi connectivity index (χ0n) is 18.2. The van der Waals surface area contributed by atoms with Crippen molar-refractivity contribution >= 4 is 32.6 Å². The molecular weight excluding hydrogens is 416 g/mol. The molecule has 4 rings (SSSR count). The summed E-state index contributed by atoms with van der Waals surface area (Å²) in [6, 6.07) is 11.2. The number of rotatable bonds is 3. The molecule has 0 fully saturated rings. The summed E-state index contributed by atoms with van der Waals surface area (Å²) in [5.41, 5.74) is 3.94. The maximum absolute atomic E-state index is 12.8. The number of ether oxygens (including phenoxy) is 1. The van der Waals surface area contributed by atoms with Crippen molar-refractivity contribution in [2.24, 2.45) is 0 Å². The minimum absolute atomic E-state index is 0.204. The first-order valence-electron chi connectivity index (χ1n) is 10.1. The van der Waals surface area contributed by atoms with Crippen LogP contribution in [0.4, 0.5) is 5.69 Å². The summed E-state index contributed by atoms with van der Waals surface area (Å²) >= 11 is 0. The fraction of sp³-hybridized carbons (Fsp3) is 0.348. The van der Waals surface area contributed by atoms with Gasteiger partial charge in [-0.3, -0.25) is 9.10 Å². The number of fused-ring (bicyclic) bond motifs is 2. The third kappa shape index (κ3) is 3.81. The largest absolute Gasteiger partial charge is 0.455 e. The number of carbonyl (C=O) groups is 1. The quantitative estimate of drug-likeness (QED) is 0.662. The molecule has 0 radical (unpaired) electrons. The Morgan fingerprint density at radius 1 is 1.16 bits per heavy atom. The van der Waals surface area contributed by atoms with E-state index in [1.807, 2.05) is 51.1 Å². The summed E-state index contributed by atoms with van der Waals surface area (Å²) in [5.74, 6) is 0.173. The molecule has 8 heteroatoms. The number of hydrogen-bond donors (Lipinski definition) is 1. The van der Waals surface area contributed by atoms with Crippen molar-refractivity contribution in [2.75, 3.05) is 24.2 Å². The van der Waals surface area contributed by atoms with Crippen molar-refractivity contribution < 1.29 is 22.4 Å². The maximum atomic E-state index is 12.8. The zero-order valence-corrected chi connectivity index (χ0v) is 19.0. The molecule has 0 bridgehead atoms. The number of anilines is 1. The van der Waals surface area contributed by atoms with Gasteiger partial charge in [0.15, 0.2) is 0 Å². The van der Waals surface area contributed by atoms with E-state index in [9.17, 15) is 13.2 Å². The van der Waals surface area contributed by atoms with Gasteiger partial charge in [0, 0.05) is 29.6 Å². The summed E-state index contributed by atoms with van der Waals surface area (Å²) in [6.45, 7) is 5.92. The van der Waals surface area contributed by atoms with Gasteiger partial charge in [-0.05, 0) is 26.8 Å². The number of amides is 1. The first-order chi connectivity index (χ1) is 14.6. The maximum Gasteiger partial charge on any atom is 0.255 e. The normalized spacial score (nSPS) is 19.2. The molecule has 0 aliphatic carbocycles. The van der Waals surface area contributed by atoms with Gasteiger partial charge in [-0.15, -0.1) is 0 Å². The van der Waals surface area contributed by atoms with Crippen molar-refractivity contribution in [1.29, 1.82) is 0 Å². The number of hydrogen-bond acceptors (Lipinski definition) is 5. The highest BCUT2D eigenvalue weighted by atomic mass is 32.2. The lowest BCUT2D eigenvalue weighted by atomic mass is 10.00. The van der Waals surface area contributed by atoms with Crippen LogP contribution in [0.5, 0.6) is 0 Å². The zero-order chi connectivity index (χ0) is 22.5. The van der Waals surface area contributed by atoms with Crippen LogP contribution >= 0.6 is 0 Å². The Balaban J connectivity index is 2.03. The van der Waals surface area contributed by atoms with Crippen LogP contribution in [0, 0.1) is 6.92 Å². The molecule has 0 spiro atoms. The number of nitrogens with one attached hydrogen (secondary N) is 1. The molecule has 0 saturated heterocycles. The summed E-state index contributed by atoms with van der Waals surface area (Å²) in [4.78, 5) is 12.8. The molecule has 2 aromatic carbocycles. The Morgan fingerprint density at radius 2 is 1.84 bits per heavy atom. The molecule has 2 atom stereocenters. The van der Waals surface area contributed by atoms with Crippen molar-refractivity contribution in [3.05, 3.63) is 53.1 Å². The lowest BCUT2D eigenvalue weighted by molar-refractivity contribution is 0.0175. The molecule has 1 aliphatic heterocycles. The summed E-state index contributed by atoms with van der Waals surface area (Å²) in [7, 11) is -1.96. The van der Waals surface area contributed by atoms with Gasteiger partial charge in [0.1, 0.15) is 11.3 Å². The Bertz CT molecular complexity index is 1260. The van der Waals surface area contributed by atoms with Gasteiger partial charge in [0.25, 0.3) is 5.91 Å². The molecule has 0 saturated carbocycles. The summed E-state index contributed by atoms with van der Waals surface area (Å²) in [5, 5.41) is 3.31. The topological polar surface area (TPSA) is 88.8 Å². The predicted molar refractivity (Wildman–Crippen MR) is 121 cm³/mol. The van der Waals surface area contributed by atoms with Crippen molar-refractivity contribution in [3.8, 4) is 11.3 Å². The molecule has 31 heavy (non-hydrogen) atoms. The lowest BCUT2D eigenvalue weighted by Crippen LogP contribution is -2.35. The third-order valence-corrected chi connectivity index (χ3v) is 6.72. The summed E-state index contributed by atoms with van der Waals surface area (Å²) in [6.07, 6.45) is 0.542. The molecule has 1 aliphatic rings. The molecule has 1 N–H and O–H groups in total. The van der Waals surface area contributed by atoms with Crippen molar-refractivity contribution in [1.82, 2.24) is 5.32 Å². The second-order valence-electron chi connectivity index (χ2n) is 8.04. The standard InChI is InChI=1S/C23H26N2O5S/c1-13-6-8-16(9-7-13)22-21(23(26)24-4)18-10-17-15(3)29-14(2)12-25(31(5,27)28)19(17)11-20(18)30-22/h6-11,14-15H,12H2,1-5H3,(H,24,26)/t14-,15+/m1/s1. The molecule has 2 heterocycles. The third-order valence-electron chi connectivity index (χ3n) is 5.57. The van der Waals surface area contributed by atoms with E-state index >= 15 is 0 Å². The Kier molecular flexibility index (Phi) is 5.31. The van der Waals surface area contributed by atoms with Crippen LogP contribution in [-0.2, 0) is 14.8 Å². The van der Waals surface area contributed by atoms with Gasteiger partial charge in [0.2, 0.25) is 10.0 Å². The molecule has 7 nitrogen and oxygen atoms in total. The first-order valence-corrected chi connectivity index (χ1v) is 12.0. The number of carbonyl (C=O) groups excluding carboxylic acids is 1. The molecule has 1 amide bonds. The highest BCUT2D eigenvalue weighted by molar-refractivity contribution is 7.92. The average molecular weight is 443 g/mol. The molecular formula is C23H26N2O5S. The highest BCUT2D eigenvalue weighted by Gasteiger charge is 2.32. The monoisotopic (exact) mass is 442 g/mol. The van der Waals surface area contributed by atoms with Crippen molar-refractivity contribution in [2.45, 2.75) is 33.0 Å². The van der Waals surface area contributed by atoms with Crippen molar-refractivity contribution in [3.63, 3.8) is 0 Å². The number of nitrogens with zero attached hydrogens (tertiary/aromatic N) is 1. The Labute approximate surface area is 182 Å². The number of furan rings is 1. The van der Waals surface area contributed by atoms with Crippen LogP contribution in [-0.4, -0.2) is 40.3 Å². The first kappa shape index (κ1) is 21.4. The van der Waals surface area contributed by atoms with E-state index in [0.717, 1.165) is 11.1 Å². The number of aryl methyl sites for hydroxylation is 1. The van der Waals surface area contributed by atoms with Gasteiger partial charge >= 0.3 is 0 Å². The number of sulfonamides is 1. The van der Waals surface area contributed by atoms with Crippen LogP contribution in [0.2, 0.25) is 0 Å². The van der Waals surface area contributed by atoms with E-state index in [4.69, 9.17) is 9.15 Å². The second-order valence-corrected chi connectivity index (χ2v) is 9.95. The van der Waals surface area contributed by atoms with Crippen LogP contribution in [0.15, 0.2) is 40.8 Å². The minimum atomic E-state index is -3.54. The van der Waals surface area contributed by atoms with Gasteiger partial charge in [-0.1, -0.05) is 29.8 Å². The fourth-order valence-corrected chi connectivity index (χ4v) is 5.06. The summed E-state index contributed by atoms with van der Waals surface area (Å²) < 4.78 is 38.6. The van der Waals surface area contributed by atoms with Gasteiger partial charge in [0.05, 0.1) is 36.3 Å². The lowest BCUT2D eigenvalue weighted by Gasteiger charge is -2.23. The predicted octanol–water partition coefficient (Wildman–Crippen LogP) is 4.01. The van der Waals surface area contributed by atoms with Gasteiger partial charge < -0.3 is 14.5 Å². The second kappa shape index (κ2) is 7.69. The molecule has 0 unspecified atom stereocenters. The highest BCUT2D eigenvalue weighted by Crippen LogP contribution is 2.42. The van der Waals surface area contributed by atoms with E-state index in [1.165, 1.54) is 10.6 Å². The van der Waals surface area contributed by atoms with Gasteiger partial charge in [-0.25, -0.2) is 8.42 Å². The minimum Gasteiger partial charge on any atom is -0.455 e. The van der Waals surface area contributed by atoms with Gasteiger partial charge in [-0.2, -0.15) is 0 Å². The molecule has 3 aromatic rings. The Hall–Kier alpha value is -2.84. The van der Waals surface area contributed by atoms with Crippen LogP contribution < -0.4 is 9.62 Å². The fourth-order valence-electron chi connectivity index (χ4n) is 4.06. The number of benzene rings is 2. The molecule has 1 aromatic heterocycles. The van der Waals surface area contributed by atoms with E-state index in [-0.39, 0.29) is 24.7 Å². The van der Waals surface area contributed by atoms with E-state index in [1.54, 1.807) is 13.1 Å². The van der Waals surface area contributed by atoms with E-state index in [2.05, 4.69) is 5.32 Å². The van der Waals surface area contributed by atoms with Crippen LogP contribution in [0.1, 0.15) is 41.4 Å². The Morgan fingerprint density at radius 3 is 2.45 bits per heavy atom. The van der Waals surface area contributed by atoms with Crippen LogP contribution in [0.25, 0.3) is 22.3 Å². The molecule has 164 valence electrons. The van der Waals surface area contributed by atoms with E-state index in [0.29, 0.717) is 33.5 Å².